The molecule has 0 amide bonds. The number of nitro benzene ring substituents is 1. The maximum atomic E-state index is 11.8. The van der Waals surface area contributed by atoms with Gasteiger partial charge >= 0.3 is 5.97 Å². The largest absolute Gasteiger partial charge is 0.497 e. The predicted molar refractivity (Wildman–Crippen MR) is 91.0 cm³/mol. The Balaban J connectivity index is 1.87. The van der Waals surface area contributed by atoms with Gasteiger partial charge in [0.05, 0.1) is 18.3 Å². The summed E-state index contributed by atoms with van der Waals surface area (Å²) in [5.74, 6) is -0.00285. The van der Waals surface area contributed by atoms with Gasteiger partial charge in [-0.2, -0.15) is 0 Å². The number of carbonyl (C=O) groups excluding carboxylic acids is 1. The zero-order valence-electron chi connectivity index (χ0n) is 13.6. The smallest absolute Gasteiger partial charge is 0.341 e. The molecule has 0 saturated heterocycles. The standard InChI is InChI=1S/C18H17NO6/c1-23-18(20)17(14-5-3-2-4-6-14)13-24-11-12-25-16-9-7-15(8-10-16)19(21)22/h2-10,13H,11-12H2,1H3. The highest BCUT2D eigenvalue weighted by atomic mass is 16.6. The summed E-state index contributed by atoms with van der Waals surface area (Å²) in [6.07, 6.45) is 1.33. The van der Waals surface area contributed by atoms with Crippen molar-refractivity contribution in [2.24, 2.45) is 0 Å². The topological polar surface area (TPSA) is 87.9 Å². The predicted octanol–water partition coefficient (Wildman–Crippen LogP) is 3.20. The fourth-order valence-corrected chi connectivity index (χ4v) is 1.98. The Kier molecular flexibility index (Phi) is 6.53. The minimum absolute atomic E-state index is 0.00267. The van der Waals surface area contributed by atoms with Gasteiger partial charge in [-0.3, -0.25) is 10.1 Å². The van der Waals surface area contributed by atoms with Crippen LogP contribution in [-0.4, -0.2) is 31.2 Å². The summed E-state index contributed by atoms with van der Waals surface area (Å²) in [5.41, 5.74) is 0.987. The molecule has 2 aromatic carbocycles. The van der Waals surface area contributed by atoms with Gasteiger partial charge < -0.3 is 14.2 Å². The highest BCUT2D eigenvalue weighted by Gasteiger charge is 2.12. The molecule has 7 nitrogen and oxygen atoms in total. The summed E-state index contributed by atoms with van der Waals surface area (Å²) in [5, 5.41) is 10.6. The molecule has 25 heavy (non-hydrogen) atoms. The van der Waals surface area contributed by atoms with Gasteiger partial charge in [0.2, 0.25) is 0 Å². The van der Waals surface area contributed by atoms with E-state index < -0.39 is 10.9 Å². The molecule has 2 rings (SSSR count). The minimum atomic E-state index is -0.498. The zero-order chi connectivity index (χ0) is 18.1. The van der Waals surface area contributed by atoms with Crippen LogP contribution in [0.4, 0.5) is 5.69 Å². The fourth-order valence-electron chi connectivity index (χ4n) is 1.98. The molecule has 0 radical (unpaired) electrons. The Morgan fingerprint density at radius 3 is 2.36 bits per heavy atom. The minimum Gasteiger partial charge on any atom is -0.497 e. The number of esters is 1. The van der Waals surface area contributed by atoms with Crippen LogP contribution < -0.4 is 4.74 Å². The maximum absolute atomic E-state index is 11.8. The van der Waals surface area contributed by atoms with Crippen molar-refractivity contribution in [2.75, 3.05) is 20.3 Å². The molecule has 130 valence electrons. The monoisotopic (exact) mass is 343 g/mol. The number of benzene rings is 2. The molecule has 0 spiro atoms. The van der Waals surface area contributed by atoms with Crippen LogP contribution in [0.3, 0.4) is 0 Å². The van der Waals surface area contributed by atoms with Gasteiger partial charge in [0, 0.05) is 12.1 Å². The third kappa shape index (κ3) is 5.35. The Labute approximate surface area is 144 Å². The van der Waals surface area contributed by atoms with E-state index in [-0.39, 0.29) is 18.9 Å². The van der Waals surface area contributed by atoms with Crippen molar-refractivity contribution in [2.45, 2.75) is 0 Å². The van der Waals surface area contributed by atoms with Crippen molar-refractivity contribution < 1.29 is 23.9 Å². The third-order valence-corrected chi connectivity index (χ3v) is 3.21. The molecule has 0 aliphatic heterocycles. The van der Waals surface area contributed by atoms with Crippen LogP contribution in [0, 0.1) is 10.1 Å². The van der Waals surface area contributed by atoms with Crippen molar-refractivity contribution in [3.05, 3.63) is 76.5 Å². The zero-order valence-corrected chi connectivity index (χ0v) is 13.6. The van der Waals surface area contributed by atoms with Crippen molar-refractivity contribution in [3.8, 4) is 5.75 Å². The lowest BCUT2D eigenvalue weighted by Gasteiger charge is -2.08. The molecule has 0 heterocycles. The van der Waals surface area contributed by atoms with E-state index >= 15 is 0 Å². The molecule has 0 atom stereocenters. The maximum Gasteiger partial charge on any atom is 0.341 e. The highest BCUT2D eigenvalue weighted by molar-refractivity contribution is 6.16. The molecular weight excluding hydrogens is 326 g/mol. The van der Waals surface area contributed by atoms with Crippen molar-refractivity contribution in [1.82, 2.24) is 0 Å². The van der Waals surface area contributed by atoms with Crippen LogP contribution in [0.5, 0.6) is 5.75 Å². The Bertz CT molecular complexity index is 740. The van der Waals surface area contributed by atoms with Gasteiger partial charge in [-0.1, -0.05) is 30.3 Å². The number of nitro groups is 1. The summed E-state index contributed by atoms with van der Waals surface area (Å²) >= 11 is 0. The van der Waals surface area contributed by atoms with E-state index in [0.717, 1.165) is 0 Å². The van der Waals surface area contributed by atoms with Gasteiger partial charge in [-0.25, -0.2) is 4.79 Å². The number of nitrogens with zero attached hydrogens (tertiary/aromatic N) is 1. The molecule has 0 fully saturated rings. The Morgan fingerprint density at radius 1 is 1.08 bits per heavy atom. The van der Waals surface area contributed by atoms with E-state index in [2.05, 4.69) is 0 Å². The van der Waals surface area contributed by atoms with E-state index in [1.807, 2.05) is 18.2 Å². The molecule has 2 aromatic rings. The highest BCUT2D eigenvalue weighted by Crippen LogP contribution is 2.18. The van der Waals surface area contributed by atoms with Crippen LogP contribution >= 0.6 is 0 Å². The summed E-state index contributed by atoms with van der Waals surface area (Å²) in [7, 11) is 1.30. The van der Waals surface area contributed by atoms with Crippen molar-refractivity contribution in [1.29, 1.82) is 0 Å². The summed E-state index contributed by atoms with van der Waals surface area (Å²) < 4.78 is 15.5. The second kappa shape index (κ2) is 9.07. The van der Waals surface area contributed by atoms with Crippen LogP contribution in [0.1, 0.15) is 5.56 Å². The summed E-state index contributed by atoms with van der Waals surface area (Å²) in [6, 6.07) is 14.8. The third-order valence-electron chi connectivity index (χ3n) is 3.21. The number of rotatable bonds is 8. The van der Waals surface area contributed by atoms with Crippen LogP contribution in [0.25, 0.3) is 5.57 Å². The first-order valence-electron chi connectivity index (χ1n) is 7.44. The molecule has 0 N–H and O–H groups in total. The molecular formula is C18H17NO6. The first kappa shape index (κ1) is 18.0. The SMILES string of the molecule is COC(=O)C(=COCCOc1ccc([N+](=O)[O-])cc1)c1ccccc1. The fraction of sp³-hybridized carbons (Fsp3) is 0.167. The second-order valence-corrected chi connectivity index (χ2v) is 4.86. The van der Waals surface area contributed by atoms with Gasteiger partial charge in [-0.05, 0) is 17.7 Å². The summed E-state index contributed by atoms with van der Waals surface area (Å²) in [4.78, 5) is 21.9. The number of ether oxygens (including phenoxy) is 3. The number of hydrogen-bond donors (Lipinski definition) is 0. The second-order valence-electron chi connectivity index (χ2n) is 4.86. The van der Waals surface area contributed by atoms with E-state index in [1.54, 1.807) is 12.1 Å². The number of hydrogen-bond acceptors (Lipinski definition) is 6. The Hall–Kier alpha value is -3.35. The van der Waals surface area contributed by atoms with Gasteiger partial charge in [0.25, 0.3) is 5.69 Å². The number of methoxy groups -OCH3 is 1. The lowest BCUT2D eigenvalue weighted by atomic mass is 10.1. The van der Waals surface area contributed by atoms with E-state index in [9.17, 15) is 14.9 Å². The molecule has 0 aromatic heterocycles. The number of non-ortho nitro benzene ring substituents is 1. The van der Waals surface area contributed by atoms with Crippen molar-refractivity contribution in [3.63, 3.8) is 0 Å². The van der Waals surface area contributed by atoms with Gasteiger partial charge in [0.15, 0.2) is 0 Å². The van der Waals surface area contributed by atoms with Crippen molar-refractivity contribution >= 4 is 17.2 Å². The first-order valence-corrected chi connectivity index (χ1v) is 7.44. The normalized spacial score (nSPS) is 10.8. The Morgan fingerprint density at radius 2 is 1.76 bits per heavy atom. The van der Waals surface area contributed by atoms with Crippen LogP contribution in [-0.2, 0) is 14.3 Å². The van der Waals surface area contributed by atoms with E-state index in [1.165, 1.54) is 37.6 Å². The molecule has 0 bridgehead atoms. The lowest BCUT2D eigenvalue weighted by Crippen LogP contribution is -2.07. The molecule has 7 heteroatoms. The lowest BCUT2D eigenvalue weighted by molar-refractivity contribution is -0.384. The summed E-state index contributed by atoms with van der Waals surface area (Å²) in [6.45, 7) is 0.419. The first-order chi connectivity index (χ1) is 12.1. The van der Waals surface area contributed by atoms with E-state index in [0.29, 0.717) is 16.9 Å². The molecule has 0 saturated carbocycles. The quantitative estimate of drug-likeness (QED) is 0.183. The van der Waals surface area contributed by atoms with Crippen LogP contribution in [0.15, 0.2) is 60.9 Å². The van der Waals surface area contributed by atoms with Gasteiger partial charge in [0.1, 0.15) is 24.5 Å². The molecule has 0 unspecified atom stereocenters. The number of carbonyl (C=O) groups is 1. The van der Waals surface area contributed by atoms with E-state index in [4.69, 9.17) is 14.2 Å². The average molecular weight is 343 g/mol. The van der Waals surface area contributed by atoms with Crippen LogP contribution in [0.2, 0.25) is 0 Å². The molecule has 0 aliphatic rings. The van der Waals surface area contributed by atoms with Gasteiger partial charge in [-0.15, -0.1) is 0 Å². The average Bonchev–Trinajstić information content (AvgIpc) is 2.65. The molecule has 0 aliphatic carbocycles.